The van der Waals surface area contributed by atoms with Crippen LogP contribution in [0.15, 0.2) is 40.9 Å². The smallest absolute Gasteiger partial charge is 0.0595 e. The van der Waals surface area contributed by atoms with E-state index in [4.69, 9.17) is 34.8 Å². The van der Waals surface area contributed by atoms with Crippen LogP contribution in [0.2, 0.25) is 15.1 Å². The average molecular weight is 380 g/mol. The molecule has 5 heteroatoms. The molecule has 2 rings (SSSR count). The van der Waals surface area contributed by atoms with E-state index >= 15 is 0 Å². The van der Waals surface area contributed by atoms with E-state index in [9.17, 15) is 0 Å². The Morgan fingerprint density at radius 1 is 0.947 bits per heavy atom. The van der Waals surface area contributed by atoms with E-state index in [1.165, 1.54) is 0 Å². The van der Waals surface area contributed by atoms with Gasteiger partial charge in [-0.25, -0.2) is 0 Å². The monoisotopic (exact) mass is 377 g/mol. The molecule has 1 N–H and O–H groups in total. The summed E-state index contributed by atoms with van der Waals surface area (Å²) in [5, 5.41) is 5.02. The van der Waals surface area contributed by atoms with Crippen LogP contribution in [0.5, 0.6) is 0 Å². The molecule has 0 radical (unpaired) electrons. The molecule has 19 heavy (non-hydrogen) atoms. The van der Waals surface area contributed by atoms with Gasteiger partial charge < -0.3 is 5.32 Å². The molecule has 0 fully saturated rings. The second-order valence-electron chi connectivity index (χ2n) is 4.06. The fourth-order valence-electron chi connectivity index (χ4n) is 1.93. The summed E-state index contributed by atoms with van der Waals surface area (Å²) in [5.74, 6) is 0. The first-order valence-electron chi connectivity index (χ1n) is 5.60. The van der Waals surface area contributed by atoms with Crippen LogP contribution in [0.3, 0.4) is 0 Å². The summed E-state index contributed by atoms with van der Waals surface area (Å²) < 4.78 is 0.979. The average Bonchev–Trinajstić information content (AvgIpc) is 2.38. The largest absolute Gasteiger partial charge is 0.309 e. The van der Waals surface area contributed by atoms with Crippen molar-refractivity contribution in [3.63, 3.8) is 0 Å². The molecule has 1 nitrogen and oxygen atoms in total. The third kappa shape index (κ3) is 3.45. The molecule has 0 spiro atoms. The lowest BCUT2D eigenvalue weighted by Gasteiger charge is -2.19. The van der Waals surface area contributed by atoms with E-state index in [-0.39, 0.29) is 6.04 Å². The molecule has 0 aliphatic rings. The highest BCUT2D eigenvalue weighted by atomic mass is 79.9. The number of nitrogens with one attached hydrogen (secondary N) is 1. The number of benzene rings is 2. The van der Waals surface area contributed by atoms with Gasteiger partial charge in [0.15, 0.2) is 0 Å². The maximum absolute atomic E-state index is 6.27. The molecule has 0 bridgehead atoms. The molecule has 100 valence electrons. The van der Waals surface area contributed by atoms with Crippen molar-refractivity contribution in [2.75, 3.05) is 7.05 Å². The Kier molecular flexibility index (Phi) is 5.15. The van der Waals surface area contributed by atoms with Crippen LogP contribution >= 0.6 is 50.7 Å². The van der Waals surface area contributed by atoms with E-state index in [0.29, 0.717) is 15.1 Å². The highest BCUT2D eigenvalue weighted by Crippen LogP contribution is 2.33. The number of rotatable bonds is 3. The van der Waals surface area contributed by atoms with Crippen LogP contribution in [-0.2, 0) is 0 Å². The molecular weight excluding hydrogens is 368 g/mol. The van der Waals surface area contributed by atoms with Crippen molar-refractivity contribution in [3.05, 3.63) is 67.1 Å². The summed E-state index contributed by atoms with van der Waals surface area (Å²) in [4.78, 5) is 0. The van der Waals surface area contributed by atoms with Crippen molar-refractivity contribution in [1.29, 1.82) is 0 Å². The van der Waals surface area contributed by atoms with Gasteiger partial charge in [-0.1, -0.05) is 56.8 Å². The fraction of sp³-hybridized carbons (Fsp3) is 0.143. The van der Waals surface area contributed by atoms with Crippen molar-refractivity contribution in [1.82, 2.24) is 5.32 Å². The Hall–Kier alpha value is -0.250. The molecule has 0 saturated carbocycles. The van der Waals surface area contributed by atoms with Crippen LogP contribution < -0.4 is 5.32 Å². The minimum absolute atomic E-state index is 0.0419. The lowest BCUT2D eigenvalue weighted by molar-refractivity contribution is 0.692. The van der Waals surface area contributed by atoms with E-state index < -0.39 is 0 Å². The topological polar surface area (TPSA) is 12.0 Å². The zero-order valence-corrected chi connectivity index (χ0v) is 13.9. The van der Waals surface area contributed by atoms with E-state index in [1.807, 2.05) is 37.4 Å². The first kappa shape index (κ1) is 15.1. The molecule has 1 unspecified atom stereocenters. The molecule has 2 aromatic carbocycles. The highest BCUT2D eigenvalue weighted by Gasteiger charge is 2.16. The van der Waals surface area contributed by atoms with Gasteiger partial charge in [0.1, 0.15) is 0 Å². The normalized spacial score (nSPS) is 12.5. The van der Waals surface area contributed by atoms with Gasteiger partial charge >= 0.3 is 0 Å². The summed E-state index contributed by atoms with van der Waals surface area (Å²) in [6, 6.07) is 11.3. The molecule has 0 aromatic heterocycles. The maximum atomic E-state index is 6.27. The van der Waals surface area contributed by atoms with Crippen LogP contribution in [-0.4, -0.2) is 7.05 Å². The highest BCUT2D eigenvalue weighted by molar-refractivity contribution is 9.10. The number of hydrogen-bond acceptors (Lipinski definition) is 1. The van der Waals surface area contributed by atoms with Crippen molar-refractivity contribution < 1.29 is 0 Å². The zero-order chi connectivity index (χ0) is 14.0. The third-order valence-electron chi connectivity index (χ3n) is 2.83. The van der Waals surface area contributed by atoms with Crippen LogP contribution in [0.25, 0.3) is 0 Å². The predicted molar refractivity (Wildman–Crippen MR) is 86.5 cm³/mol. The Morgan fingerprint density at radius 2 is 1.63 bits per heavy atom. The van der Waals surface area contributed by atoms with Crippen molar-refractivity contribution in [2.45, 2.75) is 6.04 Å². The minimum atomic E-state index is -0.0419. The molecule has 1 atom stereocenters. The SMILES string of the molecule is CNC(c1ccc(Cl)c(Cl)c1)c1cc(Br)ccc1Cl. The molecule has 2 aromatic rings. The van der Waals surface area contributed by atoms with E-state index in [1.54, 1.807) is 6.07 Å². The van der Waals surface area contributed by atoms with Gasteiger partial charge in [-0.2, -0.15) is 0 Å². The molecule has 0 saturated heterocycles. The van der Waals surface area contributed by atoms with Gasteiger partial charge in [-0.05, 0) is 48.5 Å². The summed E-state index contributed by atoms with van der Waals surface area (Å²) >= 11 is 21.7. The van der Waals surface area contributed by atoms with E-state index in [2.05, 4.69) is 21.2 Å². The lowest BCUT2D eigenvalue weighted by atomic mass is 9.99. The van der Waals surface area contributed by atoms with Crippen molar-refractivity contribution >= 4 is 50.7 Å². The van der Waals surface area contributed by atoms with Gasteiger partial charge in [0.05, 0.1) is 16.1 Å². The predicted octanol–water partition coefficient (Wildman–Crippen LogP) is 5.72. The molecule has 0 aliphatic heterocycles. The molecular formula is C14H11BrCl3N. The summed E-state index contributed by atoms with van der Waals surface area (Å²) in [5.41, 5.74) is 1.99. The summed E-state index contributed by atoms with van der Waals surface area (Å²) in [7, 11) is 1.88. The Balaban J connectivity index is 2.49. The van der Waals surface area contributed by atoms with Gasteiger partial charge in [0.2, 0.25) is 0 Å². The zero-order valence-electron chi connectivity index (χ0n) is 10.1. The van der Waals surface area contributed by atoms with Crippen molar-refractivity contribution in [3.8, 4) is 0 Å². The summed E-state index contributed by atoms with van der Waals surface area (Å²) in [6.45, 7) is 0. The van der Waals surface area contributed by atoms with Crippen LogP contribution in [0, 0.1) is 0 Å². The second-order valence-corrected chi connectivity index (χ2v) is 6.20. The van der Waals surface area contributed by atoms with Gasteiger partial charge in [-0.3, -0.25) is 0 Å². The number of hydrogen-bond donors (Lipinski definition) is 1. The number of halogens is 4. The summed E-state index contributed by atoms with van der Waals surface area (Å²) in [6.07, 6.45) is 0. The van der Waals surface area contributed by atoms with Gasteiger partial charge in [0, 0.05) is 9.50 Å². The maximum Gasteiger partial charge on any atom is 0.0595 e. The van der Waals surface area contributed by atoms with E-state index in [0.717, 1.165) is 15.6 Å². The lowest BCUT2D eigenvalue weighted by Crippen LogP contribution is -2.18. The quantitative estimate of drug-likeness (QED) is 0.719. The standard InChI is InChI=1S/C14H11BrCl3N/c1-19-14(8-2-4-12(17)13(18)6-8)10-7-9(15)3-5-11(10)16/h2-7,14,19H,1H3. The molecule has 0 amide bonds. The first-order valence-corrected chi connectivity index (χ1v) is 7.52. The molecule has 0 heterocycles. The fourth-order valence-corrected chi connectivity index (χ4v) is 2.84. The minimum Gasteiger partial charge on any atom is -0.309 e. The Bertz CT molecular complexity index is 601. The molecule has 0 aliphatic carbocycles. The Labute approximate surface area is 136 Å². The Morgan fingerprint density at radius 3 is 2.26 bits per heavy atom. The van der Waals surface area contributed by atoms with Crippen molar-refractivity contribution in [2.24, 2.45) is 0 Å². The second kappa shape index (κ2) is 6.47. The first-order chi connectivity index (χ1) is 9.02. The third-order valence-corrected chi connectivity index (χ3v) is 4.41. The van der Waals surface area contributed by atoms with Gasteiger partial charge in [0.25, 0.3) is 0 Å². The van der Waals surface area contributed by atoms with Crippen LogP contribution in [0.4, 0.5) is 0 Å². The van der Waals surface area contributed by atoms with Gasteiger partial charge in [-0.15, -0.1) is 0 Å². The van der Waals surface area contributed by atoms with Crippen LogP contribution in [0.1, 0.15) is 17.2 Å².